The van der Waals surface area contributed by atoms with E-state index in [1.165, 1.54) is 218 Å². The first-order valence-electron chi connectivity index (χ1n) is 28.7. The Bertz CT molecular complexity index is 993. The molecule has 378 valence electrons. The number of unbranched alkanes of at least 4 members (excludes halogenated alkanes) is 40. The molecular weight excluding hydrogens is 793 g/mol. The first-order chi connectivity index (χ1) is 31.5. The summed E-state index contributed by atoms with van der Waals surface area (Å²) in [6, 6.07) is 0. The van der Waals surface area contributed by atoms with Gasteiger partial charge in [-0.3, -0.25) is 14.4 Å². The van der Waals surface area contributed by atoms with Crippen molar-refractivity contribution in [3.63, 3.8) is 0 Å². The van der Waals surface area contributed by atoms with E-state index < -0.39 is 6.10 Å². The van der Waals surface area contributed by atoms with E-state index in [4.69, 9.17) is 14.2 Å². The highest BCUT2D eigenvalue weighted by Gasteiger charge is 2.19. The molecule has 0 aromatic carbocycles. The number of esters is 3. The van der Waals surface area contributed by atoms with Crippen LogP contribution in [0.1, 0.15) is 323 Å². The van der Waals surface area contributed by atoms with Crippen molar-refractivity contribution in [2.45, 2.75) is 329 Å². The Morgan fingerprint density at radius 2 is 0.516 bits per heavy atom. The molecule has 6 nitrogen and oxygen atoms in total. The molecule has 0 rings (SSSR count). The molecule has 0 unspecified atom stereocenters. The van der Waals surface area contributed by atoms with Gasteiger partial charge in [-0.1, -0.05) is 270 Å². The quantitative estimate of drug-likeness (QED) is 0.0262. The molecule has 1 atom stereocenters. The Kier molecular flexibility index (Phi) is 52.2. The summed E-state index contributed by atoms with van der Waals surface area (Å²) in [5.41, 5.74) is 0. The van der Waals surface area contributed by atoms with Gasteiger partial charge in [-0.15, -0.1) is 0 Å². The number of rotatable bonds is 53. The van der Waals surface area contributed by atoms with Crippen LogP contribution in [0.2, 0.25) is 0 Å². The number of ether oxygens (including phenoxy) is 3. The molecule has 0 amide bonds. The lowest BCUT2D eigenvalue weighted by Crippen LogP contribution is -2.30. The summed E-state index contributed by atoms with van der Waals surface area (Å²) in [6.45, 7) is 6.67. The predicted molar refractivity (Wildman–Crippen MR) is 275 cm³/mol. The summed E-state index contributed by atoms with van der Waals surface area (Å²) >= 11 is 0. The molecule has 0 aliphatic heterocycles. The first-order valence-corrected chi connectivity index (χ1v) is 28.7. The van der Waals surface area contributed by atoms with E-state index in [9.17, 15) is 14.4 Å². The number of allylic oxidation sites excluding steroid dienone is 2. The predicted octanol–water partition coefficient (Wildman–Crippen LogP) is 18.9. The molecule has 0 aliphatic rings. The third kappa shape index (κ3) is 51.1. The van der Waals surface area contributed by atoms with Crippen LogP contribution >= 0.6 is 0 Å². The van der Waals surface area contributed by atoms with E-state index in [0.29, 0.717) is 19.3 Å². The highest BCUT2D eigenvalue weighted by atomic mass is 16.6. The molecule has 0 heterocycles. The standard InChI is InChI=1S/C58H110O6/c1-4-7-10-13-16-19-22-25-27-28-29-31-33-36-39-42-45-48-51-57(60)63-54-55(53-62-56(59)50-47-44-41-38-35-32-24-21-18-15-12-9-6-3)64-58(61)52-49-46-43-40-37-34-30-26-23-20-17-14-11-8-5-2/h21,24,55H,4-20,22-23,25-54H2,1-3H3/b24-21-/t55-/m1/s1. The zero-order valence-electron chi connectivity index (χ0n) is 43.3. The fourth-order valence-corrected chi connectivity index (χ4v) is 8.68. The van der Waals surface area contributed by atoms with Crippen LogP contribution in [0.4, 0.5) is 0 Å². The van der Waals surface area contributed by atoms with Gasteiger partial charge >= 0.3 is 17.9 Å². The lowest BCUT2D eigenvalue weighted by atomic mass is 10.0. The fourth-order valence-electron chi connectivity index (χ4n) is 8.68. The van der Waals surface area contributed by atoms with Gasteiger partial charge in [-0.2, -0.15) is 0 Å². The Hall–Kier alpha value is -1.85. The molecule has 0 saturated heterocycles. The van der Waals surface area contributed by atoms with Crippen LogP contribution in [-0.4, -0.2) is 37.2 Å². The second kappa shape index (κ2) is 53.8. The molecule has 0 bridgehead atoms. The van der Waals surface area contributed by atoms with Crippen molar-refractivity contribution in [3.8, 4) is 0 Å². The van der Waals surface area contributed by atoms with Crippen LogP contribution < -0.4 is 0 Å². The van der Waals surface area contributed by atoms with Crippen molar-refractivity contribution >= 4 is 17.9 Å². The van der Waals surface area contributed by atoms with Crippen molar-refractivity contribution < 1.29 is 28.6 Å². The number of hydrogen-bond donors (Lipinski definition) is 0. The van der Waals surface area contributed by atoms with Crippen LogP contribution in [0.25, 0.3) is 0 Å². The van der Waals surface area contributed by atoms with Gasteiger partial charge in [0.05, 0.1) is 0 Å². The summed E-state index contributed by atoms with van der Waals surface area (Å²) in [7, 11) is 0. The molecular formula is C58H110O6. The number of carbonyl (C=O) groups is 3. The highest BCUT2D eigenvalue weighted by molar-refractivity contribution is 5.71. The molecule has 0 spiro atoms. The Balaban J connectivity index is 4.30. The molecule has 0 aromatic heterocycles. The van der Waals surface area contributed by atoms with Gasteiger partial charge in [-0.25, -0.2) is 0 Å². The molecule has 0 N–H and O–H groups in total. The van der Waals surface area contributed by atoms with Crippen LogP contribution in [0.15, 0.2) is 12.2 Å². The van der Waals surface area contributed by atoms with Gasteiger partial charge in [0.15, 0.2) is 6.10 Å². The SMILES string of the molecule is CCCCCC/C=C\CCCCCCCC(=O)OC[C@H](COC(=O)CCCCCCCCCCCCCCCCCCCC)OC(=O)CCCCCCCCCCCCCCCCC. The Morgan fingerprint density at radius 3 is 0.797 bits per heavy atom. The molecule has 6 heteroatoms. The highest BCUT2D eigenvalue weighted by Crippen LogP contribution is 2.17. The van der Waals surface area contributed by atoms with Crippen LogP contribution in [0.3, 0.4) is 0 Å². The second-order valence-electron chi connectivity index (χ2n) is 19.6. The van der Waals surface area contributed by atoms with E-state index in [1.807, 2.05) is 0 Å². The minimum atomic E-state index is -0.767. The number of hydrogen-bond acceptors (Lipinski definition) is 6. The van der Waals surface area contributed by atoms with Crippen molar-refractivity contribution in [1.29, 1.82) is 0 Å². The normalized spacial score (nSPS) is 12.0. The van der Waals surface area contributed by atoms with Gasteiger partial charge in [0, 0.05) is 19.3 Å². The van der Waals surface area contributed by atoms with Gasteiger partial charge in [-0.05, 0) is 44.9 Å². The molecule has 0 radical (unpaired) electrons. The van der Waals surface area contributed by atoms with E-state index in [2.05, 4.69) is 32.9 Å². The summed E-state index contributed by atoms with van der Waals surface area (Å²) in [5, 5.41) is 0. The van der Waals surface area contributed by atoms with Crippen LogP contribution in [-0.2, 0) is 28.6 Å². The maximum absolute atomic E-state index is 12.8. The molecule has 0 aromatic rings. The molecule has 0 fully saturated rings. The summed E-state index contributed by atoms with van der Waals surface area (Å²) < 4.78 is 16.9. The van der Waals surface area contributed by atoms with Gasteiger partial charge < -0.3 is 14.2 Å². The lowest BCUT2D eigenvalue weighted by molar-refractivity contribution is -0.167. The minimum Gasteiger partial charge on any atom is -0.462 e. The van der Waals surface area contributed by atoms with Crippen molar-refractivity contribution in [1.82, 2.24) is 0 Å². The fraction of sp³-hybridized carbons (Fsp3) is 0.914. The average molecular weight is 904 g/mol. The van der Waals surface area contributed by atoms with Crippen molar-refractivity contribution in [2.24, 2.45) is 0 Å². The Morgan fingerprint density at radius 1 is 0.297 bits per heavy atom. The molecule has 64 heavy (non-hydrogen) atoms. The van der Waals surface area contributed by atoms with E-state index >= 15 is 0 Å². The number of carbonyl (C=O) groups excluding carboxylic acids is 3. The smallest absolute Gasteiger partial charge is 0.306 e. The molecule has 0 aliphatic carbocycles. The molecule has 0 saturated carbocycles. The van der Waals surface area contributed by atoms with Gasteiger partial charge in [0.1, 0.15) is 13.2 Å². The lowest BCUT2D eigenvalue weighted by Gasteiger charge is -2.18. The zero-order chi connectivity index (χ0) is 46.5. The summed E-state index contributed by atoms with van der Waals surface area (Å²) in [4.78, 5) is 38.1. The largest absolute Gasteiger partial charge is 0.462 e. The van der Waals surface area contributed by atoms with Crippen molar-refractivity contribution in [3.05, 3.63) is 12.2 Å². The van der Waals surface area contributed by atoms with Gasteiger partial charge in [0.2, 0.25) is 0 Å². The first kappa shape index (κ1) is 62.1. The second-order valence-corrected chi connectivity index (χ2v) is 19.6. The van der Waals surface area contributed by atoms with Crippen LogP contribution in [0.5, 0.6) is 0 Å². The van der Waals surface area contributed by atoms with E-state index in [-0.39, 0.29) is 31.1 Å². The monoisotopic (exact) mass is 903 g/mol. The van der Waals surface area contributed by atoms with Crippen LogP contribution in [0, 0.1) is 0 Å². The van der Waals surface area contributed by atoms with E-state index in [0.717, 1.165) is 64.2 Å². The zero-order valence-corrected chi connectivity index (χ0v) is 43.3. The summed E-state index contributed by atoms with van der Waals surface area (Å²) in [6.07, 6.45) is 60.6. The van der Waals surface area contributed by atoms with Crippen molar-refractivity contribution in [2.75, 3.05) is 13.2 Å². The topological polar surface area (TPSA) is 78.9 Å². The minimum absolute atomic E-state index is 0.0665. The Labute approximate surface area is 399 Å². The summed E-state index contributed by atoms with van der Waals surface area (Å²) in [5.74, 6) is -0.852. The third-order valence-electron chi connectivity index (χ3n) is 13.0. The maximum Gasteiger partial charge on any atom is 0.306 e. The van der Waals surface area contributed by atoms with E-state index in [1.54, 1.807) is 0 Å². The van der Waals surface area contributed by atoms with Gasteiger partial charge in [0.25, 0.3) is 0 Å². The average Bonchev–Trinajstić information content (AvgIpc) is 3.29. The maximum atomic E-state index is 12.8. The third-order valence-corrected chi connectivity index (χ3v) is 13.0.